The summed E-state index contributed by atoms with van der Waals surface area (Å²) in [6.45, 7) is 4.62. The van der Waals surface area contributed by atoms with Gasteiger partial charge in [-0.3, -0.25) is 0 Å². The molecule has 0 N–H and O–H groups in total. The minimum absolute atomic E-state index is 0.478. The van der Waals surface area contributed by atoms with Crippen LogP contribution in [0.15, 0.2) is 174 Å². The van der Waals surface area contributed by atoms with Gasteiger partial charge in [-0.05, 0) is 105 Å². The molecule has 49 heavy (non-hydrogen) atoms. The summed E-state index contributed by atoms with van der Waals surface area (Å²) >= 11 is 0. The minimum Gasteiger partial charge on any atom is -0.0801 e. The first-order valence-corrected chi connectivity index (χ1v) is 18.4. The summed E-state index contributed by atoms with van der Waals surface area (Å²) < 4.78 is 0. The summed E-state index contributed by atoms with van der Waals surface area (Å²) in [6.07, 6.45) is 18.5. The maximum atomic E-state index is 2.51. The topological polar surface area (TPSA) is 0 Å². The number of allylic oxidation sites excluding steroid dienone is 8. The number of hydrogen-bond donors (Lipinski definition) is 0. The Morgan fingerprint density at radius 3 is 1.59 bits per heavy atom. The lowest BCUT2D eigenvalue weighted by molar-refractivity contribution is 0.688. The van der Waals surface area contributed by atoms with Crippen molar-refractivity contribution in [3.05, 3.63) is 197 Å². The highest BCUT2D eigenvalue weighted by molar-refractivity contribution is 5.96. The molecule has 0 fully saturated rings. The Bertz CT molecular complexity index is 1950. The van der Waals surface area contributed by atoms with E-state index in [-0.39, 0.29) is 0 Å². The Kier molecular flexibility index (Phi) is 10.0. The molecule has 0 saturated heterocycles. The number of benzene rings is 5. The zero-order valence-corrected chi connectivity index (χ0v) is 29.2. The van der Waals surface area contributed by atoms with E-state index in [4.69, 9.17) is 0 Å². The molecule has 0 unspecified atom stereocenters. The van der Waals surface area contributed by atoms with Crippen molar-refractivity contribution in [3.63, 3.8) is 0 Å². The highest BCUT2D eigenvalue weighted by Gasteiger charge is 2.44. The molecule has 0 bridgehead atoms. The Hall–Kier alpha value is -4.94. The first-order valence-electron chi connectivity index (χ1n) is 18.4. The van der Waals surface area contributed by atoms with Gasteiger partial charge in [-0.15, -0.1) is 0 Å². The highest BCUT2D eigenvalue weighted by atomic mass is 14.5. The van der Waals surface area contributed by atoms with Crippen LogP contribution in [0, 0.1) is 0 Å². The van der Waals surface area contributed by atoms with Gasteiger partial charge in [0, 0.05) is 0 Å². The van der Waals surface area contributed by atoms with Gasteiger partial charge < -0.3 is 0 Å². The standard InChI is InChI=1S/C49H48/c1-3-5-21-37-27-19-33-43(37)48-46(36-35-44(38-23-11-7-12-24-38)47(48)40-25-13-8-14-26-40)49(41-29-15-9-16-30-41,42-31-17-10-18-32-42)45-34-20-28-39(45)22-6-4-2/h7-20,23-32,35-36H,3-6,21-22,33-34H2,1-2H3. The second-order valence-corrected chi connectivity index (χ2v) is 13.6. The summed E-state index contributed by atoms with van der Waals surface area (Å²) in [4.78, 5) is 0. The van der Waals surface area contributed by atoms with E-state index >= 15 is 0 Å². The average molecular weight is 637 g/mol. The molecule has 0 amide bonds. The van der Waals surface area contributed by atoms with Gasteiger partial charge in [0.25, 0.3) is 0 Å². The lowest BCUT2D eigenvalue weighted by Crippen LogP contribution is -2.34. The zero-order valence-electron chi connectivity index (χ0n) is 29.2. The fourth-order valence-electron chi connectivity index (χ4n) is 8.32. The van der Waals surface area contributed by atoms with Gasteiger partial charge in [0.15, 0.2) is 0 Å². The molecule has 244 valence electrons. The second kappa shape index (κ2) is 15.1. The van der Waals surface area contributed by atoms with Crippen molar-refractivity contribution in [2.24, 2.45) is 0 Å². The fraction of sp³-hybridized carbons (Fsp3) is 0.224. The van der Waals surface area contributed by atoms with Gasteiger partial charge in [0.05, 0.1) is 5.41 Å². The van der Waals surface area contributed by atoms with Gasteiger partial charge in [-0.25, -0.2) is 0 Å². The van der Waals surface area contributed by atoms with Crippen molar-refractivity contribution in [3.8, 4) is 22.3 Å². The third kappa shape index (κ3) is 6.22. The first kappa shape index (κ1) is 32.6. The third-order valence-electron chi connectivity index (χ3n) is 10.6. The van der Waals surface area contributed by atoms with E-state index in [9.17, 15) is 0 Å². The lowest BCUT2D eigenvalue weighted by atomic mass is 9.60. The Labute approximate surface area is 294 Å². The van der Waals surface area contributed by atoms with E-state index in [2.05, 4.69) is 172 Å². The normalized spacial score (nSPS) is 14.3. The van der Waals surface area contributed by atoms with Crippen molar-refractivity contribution in [1.82, 2.24) is 0 Å². The van der Waals surface area contributed by atoms with Crippen LogP contribution in [-0.4, -0.2) is 0 Å². The van der Waals surface area contributed by atoms with Crippen molar-refractivity contribution < 1.29 is 0 Å². The summed E-state index contributed by atoms with van der Waals surface area (Å²) in [7, 11) is 0. The molecule has 0 spiro atoms. The van der Waals surface area contributed by atoms with E-state index in [1.807, 2.05) is 0 Å². The van der Waals surface area contributed by atoms with E-state index in [0.717, 1.165) is 25.7 Å². The monoisotopic (exact) mass is 636 g/mol. The van der Waals surface area contributed by atoms with Crippen LogP contribution in [0.5, 0.6) is 0 Å². The summed E-state index contributed by atoms with van der Waals surface area (Å²) in [5.41, 5.74) is 16.2. The van der Waals surface area contributed by atoms with E-state index in [0.29, 0.717) is 0 Å². The molecule has 2 aliphatic carbocycles. The molecule has 0 nitrogen and oxygen atoms in total. The predicted molar refractivity (Wildman–Crippen MR) is 211 cm³/mol. The van der Waals surface area contributed by atoms with Crippen molar-refractivity contribution in [2.75, 3.05) is 0 Å². The lowest BCUT2D eigenvalue weighted by Gasteiger charge is -2.41. The Balaban J connectivity index is 1.69. The molecular formula is C49H48. The number of hydrogen-bond acceptors (Lipinski definition) is 0. The molecule has 5 aromatic rings. The largest absolute Gasteiger partial charge is 0.0801 e. The number of unbranched alkanes of at least 4 members (excludes halogenated alkanes) is 2. The quantitative estimate of drug-likeness (QED) is 0.113. The van der Waals surface area contributed by atoms with Gasteiger partial charge in [-0.2, -0.15) is 0 Å². The SMILES string of the molecule is CCCCC1=C(c2c(C(C3=C(CCCC)C=CC3)(c3ccccc3)c3ccccc3)ccc(-c3ccccc3)c2-c2ccccc2)CC=C1. The summed E-state index contributed by atoms with van der Waals surface area (Å²) in [6, 6.07) is 50.0. The van der Waals surface area contributed by atoms with E-state index in [1.54, 1.807) is 0 Å². The summed E-state index contributed by atoms with van der Waals surface area (Å²) in [5.74, 6) is 0. The van der Waals surface area contributed by atoms with E-state index < -0.39 is 5.41 Å². The molecule has 5 aromatic carbocycles. The second-order valence-electron chi connectivity index (χ2n) is 13.6. The van der Waals surface area contributed by atoms with Crippen LogP contribution in [0.3, 0.4) is 0 Å². The molecule has 2 aliphatic rings. The molecular weight excluding hydrogens is 589 g/mol. The van der Waals surface area contributed by atoms with Crippen LogP contribution < -0.4 is 0 Å². The van der Waals surface area contributed by atoms with E-state index in [1.165, 1.54) is 92.5 Å². The molecule has 0 radical (unpaired) electrons. The molecule has 0 saturated carbocycles. The van der Waals surface area contributed by atoms with Crippen LogP contribution in [0.1, 0.15) is 87.5 Å². The van der Waals surface area contributed by atoms with Gasteiger partial charge >= 0.3 is 0 Å². The Morgan fingerprint density at radius 1 is 0.490 bits per heavy atom. The zero-order chi connectivity index (χ0) is 33.5. The fourth-order valence-corrected chi connectivity index (χ4v) is 8.32. The van der Waals surface area contributed by atoms with Crippen molar-refractivity contribution >= 4 is 5.57 Å². The molecule has 0 heteroatoms. The maximum Gasteiger partial charge on any atom is 0.0676 e. The number of rotatable bonds is 13. The molecule has 0 aliphatic heterocycles. The molecule has 0 aromatic heterocycles. The average Bonchev–Trinajstić information content (AvgIpc) is 3.85. The smallest absolute Gasteiger partial charge is 0.0676 e. The third-order valence-corrected chi connectivity index (χ3v) is 10.6. The summed E-state index contributed by atoms with van der Waals surface area (Å²) in [5, 5.41) is 0. The Morgan fingerprint density at radius 2 is 1.00 bits per heavy atom. The maximum absolute atomic E-state index is 2.51. The van der Waals surface area contributed by atoms with Gasteiger partial charge in [-0.1, -0.05) is 184 Å². The van der Waals surface area contributed by atoms with Crippen LogP contribution in [0.25, 0.3) is 27.8 Å². The molecule has 0 atom stereocenters. The van der Waals surface area contributed by atoms with Gasteiger partial charge in [0.2, 0.25) is 0 Å². The first-order chi connectivity index (χ1) is 24.3. The van der Waals surface area contributed by atoms with Crippen LogP contribution in [0.2, 0.25) is 0 Å². The van der Waals surface area contributed by atoms with Crippen LogP contribution in [0.4, 0.5) is 0 Å². The predicted octanol–water partition coefficient (Wildman–Crippen LogP) is 13.7. The van der Waals surface area contributed by atoms with Crippen LogP contribution in [-0.2, 0) is 5.41 Å². The minimum atomic E-state index is -0.478. The van der Waals surface area contributed by atoms with Crippen molar-refractivity contribution in [1.29, 1.82) is 0 Å². The van der Waals surface area contributed by atoms with Crippen molar-refractivity contribution in [2.45, 2.75) is 70.6 Å². The highest BCUT2D eigenvalue weighted by Crippen LogP contribution is 2.55. The molecule has 7 rings (SSSR count). The van der Waals surface area contributed by atoms with Crippen LogP contribution >= 0.6 is 0 Å². The van der Waals surface area contributed by atoms with Gasteiger partial charge in [0.1, 0.15) is 0 Å². The molecule has 0 heterocycles.